The van der Waals surface area contributed by atoms with Crippen LogP contribution in [0, 0.1) is 0 Å². The Labute approximate surface area is 174 Å². The van der Waals surface area contributed by atoms with Crippen LogP contribution in [0.4, 0.5) is 5.69 Å². The third kappa shape index (κ3) is 4.15. The summed E-state index contributed by atoms with van der Waals surface area (Å²) in [5.41, 5.74) is 4.96. The summed E-state index contributed by atoms with van der Waals surface area (Å²) in [6.45, 7) is 4.70. The molecule has 4 rings (SSSR count). The number of benzene rings is 2. The second kappa shape index (κ2) is 8.73. The predicted octanol–water partition coefficient (Wildman–Crippen LogP) is 3.90. The van der Waals surface area contributed by atoms with E-state index in [1.165, 1.54) is 0 Å². The standard InChI is InChI=1S/C23H24N6O/c1-3-7-21-22(23(30)29(27-21)20-8-5-4-6-9-20)17(2)26-19-12-10-18(11-13-19)14-28-15-24-25-16-28/h4-6,8-13,15-16,27H,3,7,14H2,1-2H3. The van der Waals surface area contributed by atoms with Crippen LogP contribution in [0.1, 0.15) is 37.1 Å². The van der Waals surface area contributed by atoms with Crippen molar-refractivity contribution in [2.24, 2.45) is 4.99 Å². The first-order valence-electron chi connectivity index (χ1n) is 10.0. The minimum Gasteiger partial charge on any atom is -0.316 e. The van der Waals surface area contributed by atoms with Gasteiger partial charge in [0.15, 0.2) is 0 Å². The van der Waals surface area contributed by atoms with Crippen LogP contribution in [0.5, 0.6) is 0 Å². The molecule has 0 spiro atoms. The van der Waals surface area contributed by atoms with Crippen molar-refractivity contribution in [2.75, 3.05) is 0 Å². The lowest BCUT2D eigenvalue weighted by Crippen LogP contribution is -2.19. The number of aryl methyl sites for hydroxylation is 1. The maximum absolute atomic E-state index is 13.2. The summed E-state index contributed by atoms with van der Waals surface area (Å²) < 4.78 is 3.51. The first-order valence-corrected chi connectivity index (χ1v) is 10.0. The number of aliphatic imine (C=N–C) groups is 1. The highest BCUT2D eigenvalue weighted by atomic mass is 16.1. The highest BCUT2D eigenvalue weighted by Crippen LogP contribution is 2.17. The van der Waals surface area contributed by atoms with Crippen LogP contribution in [-0.4, -0.2) is 30.3 Å². The normalized spacial score (nSPS) is 11.7. The van der Waals surface area contributed by atoms with Gasteiger partial charge in [-0.25, -0.2) is 4.68 Å². The molecule has 0 amide bonds. The van der Waals surface area contributed by atoms with Crippen molar-refractivity contribution in [1.82, 2.24) is 24.5 Å². The van der Waals surface area contributed by atoms with E-state index in [-0.39, 0.29) is 5.56 Å². The van der Waals surface area contributed by atoms with Crippen LogP contribution < -0.4 is 5.56 Å². The minimum atomic E-state index is -0.0740. The van der Waals surface area contributed by atoms with Gasteiger partial charge in [-0.15, -0.1) is 10.2 Å². The van der Waals surface area contributed by atoms with Gasteiger partial charge in [0.2, 0.25) is 0 Å². The summed E-state index contributed by atoms with van der Waals surface area (Å²) in [7, 11) is 0. The molecule has 0 radical (unpaired) electrons. The summed E-state index contributed by atoms with van der Waals surface area (Å²) in [5, 5.41) is 10.9. The fourth-order valence-electron chi connectivity index (χ4n) is 3.49. The van der Waals surface area contributed by atoms with Gasteiger partial charge < -0.3 is 4.57 Å². The molecule has 152 valence electrons. The molecule has 4 aromatic rings. The monoisotopic (exact) mass is 400 g/mol. The molecule has 0 saturated carbocycles. The Hall–Kier alpha value is -3.74. The number of H-pyrrole nitrogens is 1. The average Bonchev–Trinajstić information content (AvgIpc) is 3.38. The molecule has 30 heavy (non-hydrogen) atoms. The van der Waals surface area contributed by atoms with Gasteiger partial charge in [-0.2, -0.15) is 0 Å². The van der Waals surface area contributed by atoms with Crippen molar-refractivity contribution < 1.29 is 0 Å². The van der Waals surface area contributed by atoms with Gasteiger partial charge in [0, 0.05) is 12.2 Å². The smallest absolute Gasteiger partial charge is 0.280 e. The van der Waals surface area contributed by atoms with Crippen LogP contribution >= 0.6 is 0 Å². The van der Waals surface area contributed by atoms with E-state index in [1.807, 2.05) is 66.1 Å². The molecule has 2 aromatic heterocycles. The van der Waals surface area contributed by atoms with Gasteiger partial charge in [0.1, 0.15) is 12.7 Å². The number of aromatic nitrogens is 5. The van der Waals surface area contributed by atoms with Crippen LogP contribution in [0.3, 0.4) is 0 Å². The van der Waals surface area contributed by atoms with Crippen molar-refractivity contribution in [3.8, 4) is 5.69 Å². The van der Waals surface area contributed by atoms with E-state index < -0.39 is 0 Å². The Morgan fingerprint density at radius 3 is 2.40 bits per heavy atom. The van der Waals surface area contributed by atoms with Crippen molar-refractivity contribution in [3.05, 3.63) is 94.4 Å². The Kier molecular flexibility index (Phi) is 5.70. The molecular formula is C23H24N6O. The highest BCUT2D eigenvalue weighted by Gasteiger charge is 2.17. The molecule has 0 atom stereocenters. The molecule has 2 heterocycles. The molecule has 0 aliphatic carbocycles. The zero-order valence-corrected chi connectivity index (χ0v) is 17.1. The number of hydrogen-bond acceptors (Lipinski definition) is 4. The summed E-state index contributed by atoms with van der Waals surface area (Å²) >= 11 is 0. The molecule has 0 bridgehead atoms. The predicted molar refractivity (Wildman–Crippen MR) is 118 cm³/mol. The van der Waals surface area contributed by atoms with E-state index in [1.54, 1.807) is 17.3 Å². The van der Waals surface area contributed by atoms with Crippen LogP contribution in [0.2, 0.25) is 0 Å². The number of hydrogen-bond donors (Lipinski definition) is 1. The summed E-state index contributed by atoms with van der Waals surface area (Å²) in [5.74, 6) is 0. The number of aromatic amines is 1. The SMILES string of the molecule is CCCc1[nH]n(-c2ccccc2)c(=O)c1C(C)=Nc1ccc(Cn2cnnc2)cc1. The van der Waals surface area contributed by atoms with E-state index in [9.17, 15) is 4.79 Å². The minimum absolute atomic E-state index is 0.0740. The first-order chi connectivity index (χ1) is 14.7. The van der Waals surface area contributed by atoms with Crippen LogP contribution in [0.25, 0.3) is 5.69 Å². The molecule has 2 aromatic carbocycles. The van der Waals surface area contributed by atoms with E-state index in [0.717, 1.165) is 35.5 Å². The van der Waals surface area contributed by atoms with Gasteiger partial charge in [0.25, 0.3) is 5.56 Å². The van der Waals surface area contributed by atoms with E-state index in [4.69, 9.17) is 4.99 Å². The summed E-state index contributed by atoms with van der Waals surface area (Å²) in [6.07, 6.45) is 5.10. The van der Waals surface area contributed by atoms with Crippen molar-refractivity contribution >= 4 is 11.4 Å². The second-order valence-corrected chi connectivity index (χ2v) is 7.19. The lowest BCUT2D eigenvalue weighted by molar-refractivity contribution is 0.793. The second-order valence-electron chi connectivity index (χ2n) is 7.19. The molecule has 0 fully saturated rings. The zero-order valence-electron chi connectivity index (χ0n) is 17.1. The molecular weight excluding hydrogens is 376 g/mol. The largest absolute Gasteiger partial charge is 0.316 e. The van der Waals surface area contributed by atoms with E-state index in [2.05, 4.69) is 22.2 Å². The van der Waals surface area contributed by atoms with Gasteiger partial charge in [-0.3, -0.25) is 14.9 Å². The van der Waals surface area contributed by atoms with Crippen molar-refractivity contribution in [1.29, 1.82) is 0 Å². The maximum Gasteiger partial charge on any atom is 0.280 e. The fraction of sp³-hybridized carbons (Fsp3) is 0.217. The number of para-hydroxylation sites is 1. The maximum atomic E-state index is 13.2. The molecule has 0 aliphatic rings. The van der Waals surface area contributed by atoms with E-state index in [0.29, 0.717) is 17.8 Å². The fourth-order valence-corrected chi connectivity index (χ4v) is 3.49. The average molecular weight is 400 g/mol. The molecule has 0 unspecified atom stereocenters. The summed E-state index contributed by atoms with van der Waals surface area (Å²) in [6, 6.07) is 17.6. The Bertz CT molecular complexity index is 1180. The van der Waals surface area contributed by atoms with E-state index >= 15 is 0 Å². The quantitative estimate of drug-likeness (QED) is 0.478. The molecule has 1 N–H and O–H groups in total. The Morgan fingerprint density at radius 1 is 1.03 bits per heavy atom. The van der Waals surface area contributed by atoms with Gasteiger partial charge >= 0.3 is 0 Å². The van der Waals surface area contributed by atoms with Crippen molar-refractivity contribution in [3.63, 3.8) is 0 Å². The number of nitrogens with zero attached hydrogens (tertiary/aromatic N) is 5. The third-order valence-corrected chi connectivity index (χ3v) is 4.91. The lowest BCUT2D eigenvalue weighted by Gasteiger charge is -2.04. The molecule has 7 heteroatoms. The summed E-state index contributed by atoms with van der Waals surface area (Å²) in [4.78, 5) is 17.9. The molecule has 0 aliphatic heterocycles. The number of rotatable bonds is 7. The Balaban J connectivity index is 1.65. The topological polar surface area (TPSA) is 80.9 Å². The number of nitrogens with one attached hydrogen (secondary N) is 1. The highest BCUT2D eigenvalue weighted by molar-refractivity contribution is 6.01. The molecule has 7 nitrogen and oxygen atoms in total. The molecule has 0 saturated heterocycles. The lowest BCUT2D eigenvalue weighted by atomic mass is 10.1. The zero-order chi connectivity index (χ0) is 20.9. The van der Waals surface area contributed by atoms with Crippen molar-refractivity contribution in [2.45, 2.75) is 33.2 Å². The van der Waals surface area contributed by atoms with Crippen LogP contribution in [-0.2, 0) is 13.0 Å². The first kappa shape index (κ1) is 19.6. The van der Waals surface area contributed by atoms with Gasteiger partial charge in [-0.05, 0) is 43.2 Å². The Morgan fingerprint density at radius 2 is 1.73 bits per heavy atom. The third-order valence-electron chi connectivity index (χ3n) is 4.91. The van der Waals surface area contributed by atoms with Gasteiger partial charge in [-0.1, -0.05) is 43.7 Å². The van der Waals surface area contributed by atoms with Crippen LogP contribution in [0.15, 0.2) is 77.0 Å². The van der Waals surface area contributed by atoms with Gasteiger partial charge in [0.05, 0.1) is 22.6 Å².